The highest BCUT2D eigenvalue weighted by Crippen LogP contribution is 2.21. The molecular weight excluding hydrogens is 285 g/mol. The van der Waals surface area contributed by atoms with Crippen LogP contribution in [0.25, 0.3) is 0 Å². The van der Waals surface area contributed by atoms with Crippen molar-refractivity contribution < 1.29 is 12.8 Å². The number of hydrogen-bond donors (Lipinski definition) is 1. The van der Waals surface area contributed by atoms with Crippen LogP contribution in [0, 0.1) is 5.82 Å². The molecule has 84 valence electrons. The molecule has 0 saturated heterocycles. The Bertz CT molecular complexity index is 459. The summed E-state index contributed by atoms with van der Waals surface area (Å²) < 4.78 is 38.9. The summed E-state index contributed by atoms with van der Waals surface area (Å²) in [5, 5.41) is -0.597. The third-order valence-electron chi connectivity index (χ3n) is 1.80. The average molecular weight is 296 g/mol. The number of anilines is 1. The number of benzene rings is 1. The van der Waals surface area contributed by atoms with Crippen molar-refractivity contribution in [3.8, 4) is 0 Å². The zero-order valence-corrected chi connectivity index (χ0v) is 10.7. The van der Waals surface area contributed by atoms with Gasteiger partial charge < -0.3 is 0 Å². The molecule has 0 aliphatic heterocycles. The quantitative estimate of drug-likeness (QED) is 0.932. The Morgan fingerprint density at radius 2 is 2.00 bits per heavy atom. The van der Waals surface area contributed by atoms with Crippen molar-refractivity contribution in [2.24, 2.45) is 0 Å². The van der Waals surface area contributed by atoms with Crippen LogP contribution in [-0.4, -0.2) is 13.7 Å². The van der Waals surface area contributed by atoms with E-state index >= 15 is 0 Å². The molecule has 15 heavy (non-hydrogen) atoms. The fourth-order valence-corrected chi connectivity index (χ4v) is 1.88. The second kappa shape index (κ2) is 4.49. The van der Waals surface area contributed by atoms with E-state index in [4.69, 9.17) is 0 Å². The van der Waals surface area contributed by atoms with Crippen molar-refractivity contribution in [1.29, 1.82) is 0 Å². The molecule has 0 aliphatic carbocycles. The first kappa shape index (κ1) is 12.4. The Labute approximate surface area is 96.9 Å². The van der Waals surface area contributed by atoms with Gasteiger partial charge in [0.05, 0.1) is 10.9 Å². The van der Waals surface area contributed by atoms with Crippen LogP contribution >= 0.6 is 15.9 Å². The van der Waals surface area contributed by atoms with E-state index in [2.05, 4.69) is 20.7 Å². The van der Waals surface area contributed by atoms with Gasteiger partial charge >= 0.3 is 0 Å². The maximum Gasteiger partial charge on any atom is 0.235 e. The summed E-state index contributed by atoms with van der Waals surface area (Å²) in [5.74, 6) is -0.603. The van der Waals surface area contributed by atoms with E-state index in [0.717, 1.165) is 0 Å². The molecule has 1 aromatic rings. The molecule has 0 saturated carbocycles. The van der Waals surface area contributed by atoms with Crippen LogP contribution in [0.1, 0.15) is 13.8 Å². The maximum atomic E-state index is 13.3. The van der Waals surface area contributed by atoms with Gasteiger partial charge in [0.1, 0.15) is 5.82 Å². The normalized spacial score (nSPS) is 11.8. The molecule has 0 radical (unpaired) electrons. The van der Waals surface area contributed by atoms with Gasteiger partial charge in [-0.25, -0.2) is 12.8 Å². The Balaban J connectivity index is 3.01. The minimum Gasteiger partial charge on any atom is -0.280 e. The second-order valence-electron chi connectivity index (χ2n) is 3.32. The van der Waals surface area contributed by atoms with Crippen molar-refractivity contribution in [1.82, 2.24) is 0 Å². The monoisotopic (exact) mass is 295 g/mol. The van der Waals surface area contributed by atoms with Gasteiger partial charge in [-0.05, 0) is 32.0 Å². The van der Waals surface area contributed by atoms with E-state index in [0.29, 0.717) is 4.47 Å². The number of hydrogen-bond acceptors (Lipinski definition) is 2. The topological polar surface area (TPSA) is 46.2 Å². The van der Waals surface area contributed by atoms with Crippen LogP contribution in [0.15, 0.2) is 22.7 Å². The van der Waals surface area contributed by atoms with Gasteiger partial charge in [-0.1, -0.05) is 15.9 Å². The third-order valence-corrected chi connectivity index (χ3v) is 4.04. The Morgan fingerprint density at radius 1 is 1.40 bits per heavy atom. The summed E-state index contributed by atoms with van der Waals surface area (Å²) in [6.07, 6.45) is 0. The number of rotatable bonds is 3. The van der Waals surface area contributed by atoms with Crippen LogP contribution < -0.4 is 4.72 Å². The zero-order chi connectivity index (χ0) is 11.6. The summed E-state index contributed by atoms with van der Waals surface area (Å²) in [7, 11) is -3.49. The van der Waals surface area contributed by atoms with Gasteiger partial charge in [-0.2, -0.15) is 0 Å². The molecular formula is C9H11BrFNO2S. The van der Waals surface area contributed by atoms with Gasteiger partial charge in [0.15, 0.2) is 0 Å². The lowest BCUT2D eigenvalue weighted by Crippen LogP contribution is -2.22. The molecule has 1 N–H and O–H groups in total. The summed E-state index contributed by atoms with van der Waals surface area (Å²) in [6.45, 7) is 3.05. The van der Waals surface area contributed by atoms with E-state index in [9.17, 15) is 12.8 Å². The van der Waals surface area contributed by atoms with E-state index in [1.54, 1.807) is 6.07 Å². The summed E-state index contributed by atoms with van der Waals surface area (Å²) in [5.41, 5.74) is -0.0353. The summed E-state index contributed by atoms with van der Waals surface area (Å²) >= 11 is 3.09. The molecule has 0 aromatic heterocycles. The molecule has 0 fully saturated rings. The lowest BCUT2D eigenvalue weighted by Gasteiger charge is -2.11. The predicted octanol–water partition coefficient (Wildman–Crippen LogP) is 2.74. The van der Waals surface area contributed by atoms with Crippen molar-refractivity contribution in [3.05, 3.63) is 28.5 Å². The van der Waals surface area contributed by atoms with Gasteiger partial charge in [-0.15, -0.1) is 0 Å². The highest BCUT2D eigenvalue weighted by molar-refractivity contribution is 9.10. The van der Waals surface area contributed by atoms with Crippen molar-refractivity contribution in [2.75, 3.05) is 4.72 Å². The lowest BCUT2D eigenvalue weighted by atomic mass is 10.3. The molecule has 1 aromatic carbocycles. The van der Waals surface area contributed by atoms with Gasteiger partial charge in [0, 0.05) is 4.47 Å². The first-order valence-electron chi connectivity index (χ1n) is 4.29. The molecule has 1 rings (SSSR count). The maximum absolute atomic E-state index is 13.3. The van der Waals surface area contributed by atoms with Crippen LogP contribution in [0.4, 0.5) is 10.1 Å². The van der Waals surface area contributed by atoms with Crippen molar-refractivity contribution in [2.45, 2.75) is 19.1 Å². The molecule has 0 unspecified atom stereocenters. The van der Waals surface area contributed by atoms with Crippen molar-refractivity contribution >= 4 is 31.6 Å². The van der Waals surface area contributed by atoms with Crippen LogP contribution in [0.3, 0.4) is 0 Å². The van der Waals surface area contributed by atoms with E-state index < -0.39 is 21.1 Å². The first-order chi connectivity index (χ1) is 6.83. The minimum absolute atomic E-state index is 0.0353. The fraction of sp³-hybridized carbons (Fsp3) is 0.333. The van der Waals surface area contributed by atoms with Gasteiger partial charge in [-0.3, -0.25) is 4.72 Å². The highest BCUT2D eigenvalue weighted by atomic mass is 79.9. The molecule has 6 heteroatoms. The van der Waals surface area contributed by atoms with E-state index in [-0.39, 0.29) is 5.69 Å². The number of sulfonamides is 1. The molecule has 0 bridgehead atoms. The average Bonchev–Trinajstić information content (AvgIpc) is 2.09. The SMILES string of the molecule is CC(C)S(=O)(=O)Nc1ccc(Br)cc1F. The lowest BCUT2D eigenvalue weighted by molar-refractivity contribution is 0.590. The molecule has 0 spiro atoms. The first-order valence-corrected chi connectivity index (χ1v) is 6.63. The van der Waals surface area contributed by atoms with E-state index in [1.165, 1.54) is 26.0 Å². The third kappa shape index (κ3) is 3.17. The number of halogens is 2. The number of nitrogens with one attached hydrogen (secondary N) is 1. The fourth-order valence-electron chi connectivity index (χ4n) is 0.843. The zero-order valence-electron chi connectivity index (χ0n) is 8.29. The Hall–Kier alpha value is -0.620. The van der Waals surface area contributed by atoms with Crippen LogP contribution in [-0.2, 0) is 10.0 Å². The Morgan fingerprint density at radius 3 is 2.47 bits per heavy atom. The largest absolute Gasteiger partial charge is 0.280 e. The van der Waals surface area contributed by atoms with Gasteiger partial charge in [0.2, 0.25) is 10.0 Å². The molecule has 0 amide bonds. The second-order valence-corrected chi connectivity index (χ2v) is 6.47. The predicted molar refractivity (Wildman–Crippen MR) is 61.8 cm³/mol. The Kier molecular flexibility index (Phi) is 3.72. The standard InChI is InChI=1S/C9H11BrFNO2S/c1-6(2)15(13,14)12-9-4-3-7(10)5-8(9)11/h3-6,12H,1-2H3. The summed E-state index contributed by atoms with van der Waals surface area (Å²) in [6, 6.07) is 4.15. The molecule has 3 nitrogen and oxygen atoms in total. The van der Waals surface area contributed by atoms with Crippen LogP contribution in [0.2, 0.25) is 0 Å². The summed E-state index contributed by atoms with van der Waals surface area (Å²) in [4.78, 5) is 0. The molecule has 0 heterocycles. The van der Waals surface area contributed by atoms with E-state index in [1.807, 2.05) is 0 Å². The van der Waals surface area contributed by atoms with Crippen molar-refractivity contribution in [3.63, 3.8) is 0 Å². The van der Waals surface area contributed by atoms with Gasteiger partial charge in [0.25, 0.3) is 0 Å². The molecule has 0 aliphatic rings. The smallest absolute Gasteiger partial charge is 0.235 e. The molecule has 0 atom stereocenters. The van der Waals surface area contributed by atoms with Crippen LogP contribution in [0.5, 0.6) is 0 Å². The highest BCUT2D eigenvalue weighted by Gasteiger charge is 2.17. The minimum atomic E-state index is -3.49.